The predicted octanol–water partition coefficient (Wildman–Crippen LogP) is 0.851. The van der Waals surface area contributed by atoms with Crippen LogP contribution in [0.25, 0.3) is 0 Å². The van der Waals surface area contributed by atoms with Crippen LogP contribution in [-0.4, -0.2) is 44.3 Å². The molecule has 126 valence electrons. The summed E-state index contributed by atoms with van der Waals surface area (Å²) < 4.78 is 15.4. The number of imide groups is 1. The maximum atomic E-state index is 11.6. The minimum absolute atomic E-state index is 0.356. The molecule has 0 aliphatic rings. The minimum Gasteiger partial charge on any atom is -0.494 e. The zero-order valence-corrected chi connectivity index (χ0v) is 13.3. The second-order valence-electron chi connectivity index (χ2n) is 4.39. The fraction of sp³-hybridized carbons (Fsp3) is 0.400. The van der Waals surface area contributed by atoms with Gasteiger partial charge in [0.2, 0.25) is 0 Å². The summed E-state index contributed by atoms with van der Waals surface area (Å²) in [6, 6.07) is 6.05. The zero-order chi connectivity index (χ0) is 17.2. The number of carbonyl (C=O) groups is 3. The van der Waals surface area contributed by atoms with E-state index >= 15 is 0 Å². The smallest absolute Gasteiger partial charge is 0.344 e. The summed E-state index contributed by atoms with van der Waals surface area (Å²) in [5.41, 5.74) is 0. The molecule has 1 aromatic carbocycles. The Balaban J connectivity index is 2.38. The molecule has 2 N–H and O–H groups in total. The van der Waals surface area contributed by atoms with E-state index in [1.165, 1.54) is 14.0 Å². The third kappa shape index (κ3) is 6.68. The van der Waals surface area contributed by atoms with E-state index in [0.717, 1.165) is 0 Å². The normalized spacial score (nSPS) is 11.1. The highest BCUT2D eigenvalue weighted by Gasteiger charge is 2.19. The Morgan fingerprint density at radius 1 is 1.09 bits per heavy atom. The lowest BCUT2D eigenvalue weighted by atomic mass is 10.3. The number of nitrogens with one attached hydrogen (secondary N) is 2. The number of hydrogen-bond acceptors (Lipinski definition) is 6. The van der Waals surface area contributed by atoms with Crippen molar-refractivity contribution in [2.75, 3.05) is 20.3 Å². The SMILES string of the molecule is CCOc1ccc(OCC(=O)O[C@H](C)C(=O)NC(=O)NC)cc1. The van der Waals surface area contributed by atoms with Crippen molar-refractivity contribution < 1.29 is 28.6 Å². The molecule has 3 amide bonds. The van der Waals surface area contributed by atoms with Gasteiger partial charge in [-0.2, -0.15) is 0 Å². The molecule has 0 saturated carbocycles. The van der Waals surface area contributed by atoms with Gasteiger partial charge in [0.05, 0.1) is 6.61 Å². The Morgan fingerprint density at radius 3 is 2.17 bits per heavy atom. The molecule has 0 spiro atoms. The molecule has 0 heterocycles. The van der Waals surface area contributed by atoms with E-state index in [0.29, 0.717) is 18.1 Å². The number of benzene rings is 1. The maximum absolute atomic E-state index is 11.6. The molecule has 0 aliphatic heterocycles. The predicted molar refractivity (Wildman–Crippen MR) is 81.3 cm³/mol. The molecule has 0 aromatic heterocycles. The Morgan fingerprint density at radius 2 is 1.65 bits per heavy atom. The fourth-order valence-corrected chi connectivity index (χ4v) is 1.50. The van der Waals surface area contributed by atoms with Gasteiger partial charge in [-0.3, -0.25) is 10.1 Å². The molecular formula is C15H20N2O6. The van der Waals surface area contributed by atoms with Crippen LogP contribution in [0, 0.1) is 0 Å². The van der Waals surface area contributed by atoms with Crippen LogP contribution >= 0.6 is 0 Å². The topological polar surface area (TPSA) is 103 Å². The van der Waals surface area contributed by atoms with Gasteiger partial charge in [0.1, 0.15) is 11.5 Å². The van der Waals surface area contributed by atoms with E-state index in [9.17, 15) is 14.4 Å². The first-order valence-corrected chi connectivity index (χ1v) is 7.04. The molecule has 0 unspecified atom stereocenters. The van der Waals surface area contributed by atoms with Crippen LogP contribution in [0.5, 0.6) is 11.5 Å². The number of ether oxygens (including phenoxy) is 3. The highest BCUT2D eigenvalue weighted by Crippen LogP contribution is 2.17. The highest BCUT2D eigenvalue weighted by atomic mass is 16.6. The van der Waals surface area contributed by atoms with Gasteiger partial charge in [0, 0.05) is 7.05 Å². The summed E-state index contributed by atoms with van der Waals surface area (Å²) >= 11 is 0. The number of hydrogen-bond donors (Lipinski definition) is 2. The van der Waals surface area contributed by atoms with Crippen molar-refractivity contribution in [1.82, 2.24) is 10.6 Å². The van der Waals surface area contributed by atoms with Gasteiger partial charge in [-0.05, 0) is 38.1 Å². The molecule has 8 heteroatoms. The molecule has 0 fully saturated rings. The first-order valence-electron chi connectivity index (χ1n) is 7.04. The Kier molecular flexibility index (Phi) is 7.38. The molecule has 1 atom stereocenters. The minimum atomic E-state index is -1.11. The van der Waals surface area contributed by atoms with Crippen molar-refractivity contribution in [3.05, 3.63) is 24.3 Å². The first-order chi connectivity index (χ1) is 11.0. The summed E-state index contributed by atoms with van der Waals surface area (Å²) in [7, 11) is 1.37. The van der Waals surface area contributed by atoms with E-state index in [2.05, 4.69) is 5.32 Å². The van der Waals surface area contributed by atoms with Crippen LogP contribution in [0.1, 0.15) is 13.8 Å². The average Bonchev–Trinajstić information content (AvgIpc) is 2.54. The zero-order valence-electron chi connectivity index (χ0n) is 13.3. The third-order valence-corrected chi connectivity index (χ3v) is 2.63. The number of esters is 1. The molecule has 8 nitrogen and oxygen atoms in total. The summed E-state index contributed by atoms with van der Waals surface area (Å²) in [4.78, 5) is 34.1. The largest absolute Gasteiger partial charge is 0.494 e. The Bertz CT molecular complexity index is 543. The monoisotopic (exact) mass is 324 g/mol. The van der Waals surface area contributed by atoms with Crippen molar-refractivity contribution >= 4 is 17.9 Å². The molecule has 1 aromatic rings. The highest BCUT2D eigenvalue weighted by molar-refractivity contribution is 5.97. The first kappa shape index (κ1) is 18.3. The van der Waals surface area contributed by atoms with Crippen LogP contribution in [0.3, 0.4) is 0 Å². The van der Waals surface area contributed by atoms with Crippen molar-refractivity contribution in [1.29, 1.82) is 0 Å². The Hall–Kier alpha value is -2.77. The average molecular weight is 324 g/mol. The van der Waals surface area contributed by atoms with Crippen molar-refractivity contribution in [3.63, 3.8) is 0 Å². The van der Waals surface area contributed by atoms with E-state index in [-0.39, 0.29) is 6.61 Å². The van der Waals surface area contributed by atoms with Gasteiger partial charge in [-0.15, -0.1) is 0 Å². The fourth-order valence-electron chi connectivity index (χ4n) is 1.50. The van der Waals surface area contributed by atoms with Crippen LogP contribution < -0.4 is 20.1 Å². The van der Waals surface area contributed by atoms with Crippen molar-refractivity contribution in [2.24, 2.45) is 0 Å². The lowest BCUT2D eigenvalue weighted by molar-refractivity contribution is -0.156. The molecule has 0 radical (unpaired) electrons. The van der Waals surface area contributed by atoms with E-state index < -0.39 is 24.0 Å². The molecule has 0 saturated heterocycles. The van der Waals surface area contributed by atoms with Crippen molar-refractivity contribution in [2.45, 2.75) is 20.0 Å². The summed E-state index contributed by atoms with van der Waals surface area (Å²) in [5, 5.41) is 4.22. The molecule has 0 bridgehead atoms. The maximum Gasteiger partial charge on any atom is 0.344 e. The summed E-state index contributed by atoms with van der Waals surface area (Å²) in [5.74, 6) is -0.285. The van der Waals surface area contributed by atoms with Crippen molar-refractivity contribution in [3.8, 4) is 11.5 Å². The van der Waals surface area contributed by atoms with Gasteiger partial charge < -0.3 is 19.5 Å². The summed E-state index contributed by atoms with van der Waals surface area (Å²) in [6.07, 6.45) is -1.11. The van der Waals surface area contributed by atoms with Crippen LogP contribution in [0.2, 0.25) is 0 Å². The van der Waals surface area contributed by atoms with E-state index in [1.807, 2.05) is 12.2 Å². The molecule has 1 rings (SSSR count). The summed E-state index contributed by atoms with van der Waals surface area (Å²) in [6.45, 7) is 3.43. The quantitative estimate of drug-likeness (QED) is 0.721. The molecule has 0 aliphatic carbocycles. The number of rotatable bonds is 7. The van der Waals surface area contributed by atoms with Gasteiger partial charge in [0.25, 0.3) is 5.91 Å². The molecule has 23 heavy (non-hydrogen) atoms. The van der Waals surface area contributed by atoms with E-state index in [4.69, 9.17) is 14.2 Å². The van der Waals surface area contributed by atoms with Crippen LogP contribution in [-0.2, 0) is 14.3 Å². The van der Waals surface area contributed by atoms with Gasteiger partial charge in [0.15, 0.2) is 12.7 Å². The third-order valence-electron chi connectivity index (χ3n) is 2.63. The number of amides is 3. The lowest BCUT2D eigenvalue weighted by Crippen LogP contribution is -2.43. The number of carbonyl (C=O) groups excluding carboxylic acids is 3. The van der Waals surface area contributed by atoms with Crippen LogP contribution in [0.4, 0.5) is 4.79 Å². The van der Waals surface area contributed by atoms with Gasteiger partial charge >= 0.3 is 12.0 Å². The van der Waals surface area contributed by atoms with E-state index in [1.54, 1.807) is 24.3 Å². The molecular weight excluding hydrogens is 304 g/mol. The van der Waals surface area contributed by atoms with Crippen LogP contribution in [0.15, 0.2) is 24.3 Å². The second kappa shape index (κ2) is 9.29. The Labute approximate surface area is 134 Å². The van der Waals surface area contributed by atoms with Gasteiger partial charge in [-0.1, -0.05) is 0 Å². The lowest BCUT2D eigenvalue weighted by Gasteiger charge is -2.13. The van der Waals surface area contributed by atoms with Gasteiger partial charge in [-0.25, -0.2) is 9.59 Å². The number of urea groups is 1. The standard InChI is InChI=1S/C15H20N2O6/c1-4-21-11-5-7-12(8-6-11)22-9-13(18)23-10(2)14(19)17-15(20)16-3/h5-8,10H,4,9H2,1-3H3,(H2,16,17,19,20)/t10-/m1/s1. The second-order valence-corrected chi connectivity index (χ2v) is 4.39.